The minimum Gasteiger partial charge on any atom is -0.448 e. The highest BCUT2D eigenvalue weighted by atomic mass is 32.2. The van der Waals surface area contributed by atoms with Crippen LogP contribution in [0.25, 0.3) is 0 Å². The molecule has 0 aromatic carbocycles. The fraction of sp³-hybridized carbons (Fsp3) is 0.625. The van der Waals surface area contributed by atoms with Gasteiger partial charge in [0.1, 0.15) is 5.44 Å². The molecule has 1 heterocycles. The van der Waals surface area contributed by atoms with Gasteiger partial charge in [-0.2, -0.15) is 0 Å². The van der Waals surface area contributed by atoms with Gasteiger partial charge in [-0.25, -0.2) is 4.79 Å². The molecule has 0 radical (unpaired) electrons. The van der Waals surface area contributed by atoms with Gasteiger partial charge in [0.25, 0.3) is 0 Å². The fourth-order valence-corrected chi connectivity index (χ4v) is 2.11. The van der Waals surface area contributed by atoms with E-state index in [1.165, 1.54) is 18.9 Å². The average Bonchev–Trinajstić information content (AvgIpc) is 2.06. The number of thioether (sulfide) groups is 1. The van der Waals surface area contributed by atoms with Gasteiger partial charge in [-0.3, -0.25) is 0 Å². The molecule has 62 valence electrons. The second-order valence-corrected chi connectivity index (χ2v) is 3.70. The summed E-state index contributed by atoms with van der Waals surface area (Å²) >= 11 is 1.72. The molecule has 0 N–H and O–H groups in total. The molecule has 2 nitrogen and oxygen atoms in total. The van der Waals surface area contributed by atoms with Crippen molar-refractivity contribution in [3.8, 4) is 0 Å². The van der Waals surface area contributed by atoms with Crippen LogP contribution in [0, 0.1) is 0 Å². The molecule has 1 aliphatic heterocycles. The summed E-state index contributed by atoms with van der Waals surface area (Å²) < 4.78 is 5.05. The number of rotatable bonds is 2. The summed E-state index contributed by atoms with van der Waals surface area (Å²) in [7, 11) is 0. The van der Waals surface area contributed by atoms with Crippen LogP contribution in [-0.2, 0) is 9.53 Å². The van der Waals surface area contributed by atoms with Gasteiger partial charge >= 0.3 is 5.97 Å². The highest BCUT2D eigenvalue weighted by Gasteiger charge is 2.16. The third kappa shape index (κ3) is 2.97. The van der Waals surface area contributed by atoms with Gasteiger partial charge in [0, 0.05) is 6.08 Å². The van der Waals surface area contributed by atoms with E-state index in [0.717, 1.165) is 12.2 Å². The topological polar surface area (TPSA) is 26.3 Å². The second-order valence-electron chi connectivity index (χ2n) is 2.44. The van der Waals surface area contributed by atoms with Crippen LogP contribution in [0.4, 0.5) is 0 Å². The standard InChI is InChI=1S/C8H12O2S/c1-2-7(9)10-8-5-3-4-6-11-8/h2,8H,1,3-6H2. The summed E-state index contributed by atoms with van der Waals surface area (Å²) in [5.41, 5.74) is 0.0780. The van der Waals surface area contributed by atoms with Crippen molar-refractivity contribution in [2.24, 2.45) is 0 Å². The van der Waals surface area contributed by atoms with Crippen molar-refractivity contribution in [3.63, 3.8) is 0 Å². The molecule has 1 saturated heterocycles. The monoisotopic (exact) mass is 172 g/mol. The lowest BCUT2D eigenvalue weighted by atomic mass is 10.2. The Labute approximate surface area is 71.0 Å². The maximum Gasteiger partial charge on any atom is 0.331 e. The van der Waals surface area contributed by atoms with Crippen molar-refractivity contribution in [3.05, 3.63) is 12.7 Å². The van der Waals surface area contributed by atoms with E-state index < -0.39 is 0 Å². The van der Waals surface area contributed by atoms with Crippen LogP contribution in [0.2, 0.25) is 0 Å². The fourth-order valence-electron chi connectivity index (χ4n) is 0.982. The molecule has 3 heteroatoms. The highest BCUT2D eigenvalue weighted by Crippen LogP contribution is 2.25. The third-order valence-electron chi connectivity index (χ3n) is 1.55. The summed E-state index contributed by atoms with van der Waals surface area (Å²) in [6.07, 6.45) is 4.62. The van der Waals surface area contributed by atoms with E-state index in [-0.39, 0.29) is 11.4 Å². The lowest BCUT2D eigenvalue weighted by Crippen LogP contribution is -2.16. The van der Waals surface area contributed by atoms with E-state index in [1.54, 1.807) is 11.8 Å². The first-order chi connectivity index (χ1) is 5.33. The average molecular weight is 172 g/mol. The molecule has 1 rings (SSSR count). The third-order valence-corrected chi connectivity index (χ3v) is 2.78. The van der Waals surface area contributed by atoms with Crippen molar-refractivity contribution in [2.75, 3.05) is 5.75 Å². The maximum atomic E-state index is 10.7. The second kappa shape index (κ2) is 4.44. The van der Waals surface area contributed by atoms with Crippen LogP contribution in [0.5, 0.6) is 0 Å². The molecule has 0 saturated carbocycles. The Morgan fingerprint density at radius 1 is 1.64 bits per heavy atom. The summed E-state index contributed by atoms with van der Waals surface area (Å²) in [6.45, 7) is 3.34. The lowest BCUT2D eigenvalue weighted by Gasteiger charge is -2.20. The SMILES string of the molecule is C=CC(=O)OC1CCCCS1. The van der Waals surface area contributed by atoms with Crippen LogP contribution in [-0.4, -0.2) is 17.2 Å². The molecular formula is C8H12O2S. The van der Waals surface area contributed by atoms with Crippen LogP contribution in [0.15, 0.2) is 12.7 Å². The van der Waals surface area contributed by atoms with Crippen molar-refractivity contribution in [1.29, 1.82) is 0 Å². The molecular weight excluding hydrogens is 160 g/mol. The molecule has 0 bridgehead atoms. The van der Waals surface area contributed by atoms with Gasteiger partial charge in [0.05, 0.1) is 0 Å². The summed E-state index contributed by atoms with van der Waals surface area (Å²) in [6, 6.07) is 0. The summed E-state index contributed by atoms with van der Waals surface area (Å²) in [4.78, 5) is 10.7. The zero-order valence-corrected chi connectivity index (χ0v) is 7.23. The van der Waals surface area contributed by atoms with E-state index in [2.05, 4.69) is 6.58 Å². The van der Waals surface area contributed by atoms with Crippen molar-refractivity contribution >= 4 is 17.7 Å². The Balaban J connectivity index is 2.24. The molecule has 11 heavy (non-hydrogen) atoms. The first-order valence-corrected chi connectivity index (χ1v) is 4.82. The Morgan fingerprint density at radius 2 is 2.45 bits per heavy atom. The molecule has 0 aromatic heterocycles. The predicted molar refractivity (Wildman–Crippen MR) is 46.4 cm³/mol. The Morgan fingerprint density at radius 3 is 3.00 bits per heavy atom. The molecule has 0 aromatic rings. The minimum atomic E-state index is -0.301. The predicted octanol–water partition coefficient (Wildman–Crippen LogP) is 1.96. The molecule has 1 aliphatic rings. The number of hydrogen-bond donors (Lipinski definition) is 0. The number of ether oxygens (including phenoxy) is 1. The van der Waals surface area contributed by atoms with Crippen LogP contribution < -0.4 is 0 Å². The van der Waals surface area contributed by atoms with Gasteiger partial charge in [0.15, 0.2) is 0 Å². The van der Waals surface area contributed by atoms with Gasteiger partial charge < -0.3 is 4.74 Å². The van der Waals surface area contributed by atoms with Gasteiger partial charge in [0.2, 0.25) is 0 Å². The largest absolute Gasteiger partial charge is 0.448 e. The van der Waals surface area contributed by atoms with E-state index in [4.69, 9.17) is 4.74 Å². The first kappa shape index (κ1) is 8.65. The lowest BCUT2D eigenvalue weighted by molar-refractivity contribution is -0.139. The van der Waals surface area contributed by atoms with Crippen molar-refractivity contribution < 1.29 is 9.53 Å². The van der Waals surface area contributed by atoms with E-state index in [0.29, 0.717) is 0 Å². The number of carbonyl (C=O) groups is 1. The van der Waals surface area contributed by atoms with Gasteiger partial charge in [-0.1, -0.05) is 6.58 Å². The molecule has 1 atom stereocenters. The molecule has 0 amide bonds. The van der Waals surface area contributed by atoms with Crippen molar-refractivity contribution in [1.82, 2.24) is 0 Å². The van der Waals surface area contributed by atoms with Crippen molar-refractivity contribution in [2.45, 2.75) is 24.7 Å². The Hall–Kier alpha value is -0.440. The molecule has 0 spiro atoms. The molecule has 1 unspecified atom stereocenters. The van der Waals surface area contributed by atoms with Crippen LogP contribution in [0.3, 0.4) is 0 Å². The zero-order chi connectivity index (χ0) is 8.10. The van der Waals surface area contributed by atoms with Crippen LogP contribution in [0.1, 0.15) is 19.3 Å². The number of esters is 1. The molecule has 1 fully saturated rings. The Bertz CT molecular complexity index is 150. The van der Waals surface area contributed by atoms with E-state index >= 15 is 0 Å². The quantitative estimate of drug-likeness (QED) is 0.470. The van der Waals surface area contributed by atoms with E-state index in [1.807, 2.05) is 0 Å². The zero-order valence-electron chi connectivity index (χ0n) is 6.41. The minimum absolute atomic E-state index is 0.0780. The Kier molecular flexibility index (Phi) is 3.49. The van der Waals surface area contributed by atoms with Crippen LogP contribution >= 0.6 is 11.8 Å². The number of hydrogen-bond acceptors (Lipinski definition) is 3. The maximum absolute atomic E-state index is 10.7. The normalized spacial score (nSPS) is 24.2. The smallest absolute Gasteiger partial charge is 0.331 e. The van der Waals surface area contributed by atoms with E-state index in [9.17, 15) is 4.79 Å². The summed E-state index contributed by atoms with van der Waals surface area (Å²) in [5.74, 6) is 0.805. The highest BCUT2D eigenvalue weighted by molar-refractivity contribution is 7.99. The van der Waals surface area contributed by atoms with Gasteiger partial charge in [-0.15, -0.1) is 11.8 Å². The molecule has 0 aliphatic carbocycles. The number of carbonyl (C=O) groups excluding carboxylic acids is 1. The first-order valence-electron chi connectivity index (χ1n) is 3.77. The van der Waals surface area contributed by atoms with Gasteiger partial charge in [-0.05, 0) is 25.0 Å². The summed E-state index contributed by atoms with van der Waals surface area (Å²) in [5, 5.41) is 0.